The van der Waals surface area contributed by atoms with Crippen molar-refractivity contribution in [3.63, 3.8) is 0 Å². The molecule has 0 fully saturated rings. The lowest BCUT2D eigenvalue weighted by Crippen LogP contribution is -2.07. The fourth-order valence-electron chi connectivity index (χ4n) is 4.36. The van der Waals surface area contributed by atoms with Gasteiger partial charge in [-0.15, -0.1) is 0 Å². The topological polar surface area (TPSA) is 61.4 Å². The van der Waals surface area contributed by atoms with Gasteiger partial charge in [0, 0.05) is 18.5 Å². The van der Waals surface area contributed by atoms with Gasteiger partial charge >= 0.3 is 5.97 Å². The first-order valence-electron chi connectivity index (χ1n) is 11.8. The summed E-state index contributed by atoms with van der Waals surface area (Å²) in [7, 11) is 0. The van der Waals surface area contributed by atoms with E-state index in [4.69, 9.17) is 14.7 Å². The minimum Gasteiger partial charge on any atom is -0.424 e. The summed E-state index contributed by atoms with van der Waals surface area (Å²) < 4.78 is 10.00. The molecule has 2 aromatic carbocycles. The van der Waals surface area contributed by atoms with Crippen LogP contribution in [-0.2, 0) is 17.6 Å². The molecule has 0 saturated heterocycles. The van der Waals surface area contributed by atoms with Gasteiger partial charge in [0.2, 0.25) is 0 Å². The molecule has 0 amide bonds. The summed E-state index contributed by atoms with van der Waals surface area (Å²) in [4.78, 5) is 22.5. The number of nitrogens with zero attached hydrogens (tertiary/aromatic N) is 4. The van der Waals surface area contributed by atoms with Crippen LogP contribution < -0.4 is 4.74 Å². The number of rotatable bonds is 7. The van der Waals surface area contributed by atoms with E-state index >= 15 is 0 Å². The van der Waals surface area contributed by atoms with Crippen LogP contribution in [0, 0.1) is 0 Å². The number of fused-ring (bicyclic) bond motifs is 5. The molecule has 0 N–H and O–H groups in total. The molecule has 6 heteroatoms. The quantitative estimate of drug-likeness (QED) is 0.289. The lowest BCUT2D eigenvalue weighted by Gasteiger charge is -2.09. The number of imidazole rings is 1. The minimum absolute atomic E-state index is 0.246. The molecule has 3 aromatic heterocycles. The van der Waals surface area contributed by atoms with Crippen LogP contribution in [0.3, 0.4) is 0 Å². The molecule has 0 radical (unpaired) electrons. The third-order valence-electron chi connectivity index (χ3n) is 6.00. The van der Waals surface area contributed by atoms with E-state index in [1.165, 1.54) is 5.56 Å². The first kappa shape index (κ1) is 21.2. The van der Waals surface area contributed by atoms with E-state index in [-0.39, 0.29) is 5.97 Å². The highest BCUT2D eigenvalue weighted by Gasteiger charge is 2.22. The molecule has 0 saturated carbocycles. The van der Waals surface area contributed by atoms with Crippen LogP contribution in [0.5, 0.6) is 5.75 Å². The Morgan fingerprint density at radius 3 is 2.45 bits per heavy atom. The first-order valence-corrected chi connectivity index (χ1v) is 11.8. The summed E-state index contributed by atoms with van der Waals surface area (Å²) in [5.74, 6) is 1.20. The molecule has 168 valence electrons. The third kappa shape index (κ3) is 3.65. The standard InChI is InChI=1S/C27H28N4O2/c1-4-9-23-29-26-25(27-28-20-11-7-8-12-21(20)31(23)27)22(33-24(32)10-5-2)17-30(26)19-15-13-18(6-3)14-16-19/h7-8,11-17H,4-6,9-10H2,1-3H3. The number of carbonyl (C=O) groups is 1. The van der Waals surface area contributed by atoms with Crippen molar-refractivity contribution in [2.45, 2.75) is 52.9 Å². The molecule has 6 nitrogen and oxygen atoms in total. The van der Waals surface area contributed by atoms with Crippen LogP contribution in [0.25, 0.3) is 33.4 Å². The van der Waals surface area contributed by atoms with Gasteiger partial charge in [0.1, 0.15) is 11.2 Å². The summed E-state index contributed by atoms with van der Waals surface area (Å²) in [6.07, 6.45) is 5.74. The summed E-state index contributed by atoms with van der Waals surface area (Å²) in [6, 6.07) is 16.5. The fraction of sp³-hybridized carbons (Fsp3) is 0.296. The summed E-state index contributed by atoms with van der Waals surface area (Å²) >= 11 is 0. The zero-order valence-electron chi connectivity index (χ0n) is 19.3. The molecule has 33 heavy (non-hydrogen) atoms. The Kier molecular flexibility index (Phi) is 5.58. The summed E-state index contributed by atoms with van der Waals surface area (Å²) in [6.45, 7) is 6.26. The van der Waals surface area contributed by atoms with Crippen molar-refractivity contribution < 1.29 is 9.53 Å². The lowest BCUT2D eigenvalue weighted by atomic mass is 10.1. The number of benzene rings is 2. The number of para-hydroxylation sites is 2. The second kappa shape index (κ2) is 8.70. The highest BCUT2D eigenvalue weighted by atomic mass is 16.5. The fourth-order valence-corrected chi connectivity index (χ4v) is 4.36. The van der Waals surface area contributed by atoms with Gasteiger partial charge in [-0.25, -0.2) is 9.97 Å². The maximum absolute atomic E-state index is 12.5. The Hall–Kier alpha value is -3.67. The number of esters is 1. The number of carbonyl (C=O) groups excluding carboxylic acids is 1. The lowest BCUT2D eigenvalue weighted by molar-refractivity contribution is -0.134. The maximum Gasteiger partial charge on any atom is 0.311 e. The second-order valence-electron chi connectivity index (χ2n) is 8.34. The van der Waals surface area contributed by atoms with Crippen LogP contribution >= 0.6 is 0 Å². The predicted octanol–water partition coefficient (Wildman–Crippen LogP) is 6.05. The van der Waals surface area contributed by atoms with E-state index in [9.17, 15) is 4.79 Å². The van der Waals surface area contributed by atoms with E-state index in [2.05, 4.69) is 48.6 Å². The van der Waals surface area contributed by atoms with Gasteiger partial charge in [-0.05, 0) is 49.1 Å². The van der Waals surface area contributed by atoms with Crippen molar-refractivity contribution in [1.29, 1.82) is 0 Å². The van der Waals surface area contributed by atoms with Gasteiger partial charge in [0.05, 0.1) is 17.2 Å². The van der Waals surface area contributed by atoms with Crippen molar-refractivity contribution in [2.75, 3.05) is 0 Å². The monoisotopic (exact) mass is 440 g/mol. The SMILES string of the molecule is CCCC(=O)Oc1cn(-c2ccc(CC)cc2)c2nc(CCC)n3c4ccccc4nc3c12. The number of aryl methyl sites for hydroxylation is 2. The molecule has 0 spiro atoms. The highest BCUT2D eigenvalue weighted by molar-refractivity contribution is 6.01. The van der Waals surface area contributed by atoms with E-state index in [0.717, 1.165) is 64.9 Å². The summed E-state index contributed by atoms with van der Waals surface area (Å²) in [5.41, 5.74) is 5.68. The Balaban J connectivity index is 1.84. The molecule has 5 aromatic rings. The molecule has 0 aliphatic carbocycles. The van der Waals surface area contributed by atoms with Crippen LogP contribution in [-0.4, -0.2) is 24.9 Å². The van der Waals surface area contributed by atoms with E-state index < -0.39 is 0 Å². The van der Waals surface area contributed by atoms with Crippen LogP contribution in [0.2, 0.25) is 0 Å². The van der Waals surface area contributed by atoms with Gasteiger partial charge in [-0.1, -0.05) is 45.0 Å². The summed E-state index contributed by atoms with van der Waals surface area (Å²) in [5, 5.41) is 0.759. The van der Waals surface area contributed by atoms with E-state index in [1.54, 1.807) is 0 Å². The zero-order valence-corrected chi connectivity index (χ0v) is 19.3. The Morgan fingerprint density at radius 2 is 1.73 bits per heavy atom. The first-order chi connectivity index (χ1) is 16.1. The Labute approximate surface area is 192 Å². The molecule has 0 aliphatic rings. The van der Waals surface area contributed by atoms with Crippen molar-refractivity contribution in [2.24, 2.45) is 0 Å². The van der Waals surface area contributed by atoms with Crippen LogP contribution in [0.15, 0.2) is 54.7 Å². The zero-order chi connectivity index (χ0) is 22.9. The van der Waals surface area contributed by atoms with Crippen molar-refractivity contribution >= 4 is 33.7 Å². The average Bonchev–Trinajstić information content (AvgIpc) is 3.38. The van der Waals surface area contributed by atoms with Gasteiger partial charge in [0.25, 0.3) is 0 Å². The average molecular weight is 441 g/mol. The number of hydrogen-bond donors (Lipinski definition) is 0. The molecule has 0 atom stereocenters. The predicted molar refractivity (Wildman–Crippen MR) is 131 cm³/mol. The Bertz CT molecular complexity index is 1460. The largest absolute Gasteiger partial charge is 0.424 e. The van der Waals surface area contributed by atoms with E-state index in [0.29, 0.717) is 12.2 Å². The van der Waals surface area contributed by atoms with Crippen molar-refractivity contribution in [1.82, 2.24) is 18.9 Å². The number of aromatic nitrogens is 4. The molecule has 3 heterocycles. The van der Waals surface area contributed by atoms with Crippen molar-refractivity contribution in [3.8, 4) is 11.4 Å². The minimum atomic E-state index is -0.246. The Morgan fingerprint density at radius 1 is 0.939 bits per heavy atom. The molecular weight excluding hydrogens is 412 g/mol. The molecular formula is C27H28N4O2. The maximum atomic E-state index is 12.5. The highest BCUT2D eigenvalue weighted by Crippen LogP contribution is 2.35. The number of ether oxygens (including phenoxy) is 1. The smallest absolute Gasteiger partial charge is 0.311 e. The molecule has 0 bridgehead atoms. The van der Waals surface area contributed by atoms with Gasteiger partial charge < -0.3 is 4.74 Å². The molecule has 0 unspecified atom stereocenters. The van der Waals surface area contributed by atoms with Crippen LogP contribution in [0.4, 0.5) is 0 Å². The van der Waals surface area contributed by atoms with Gasteiger partial charge in [-0.2, -0.15) is 0 Å². The van der Waals surface area contributed by atoms with E-state index in [1.807, 2.05) is 35.9 Å². The normalized spacial score (nSPS) is 11.6. The third-order valence-corrected chi connectivity index (χ3v) is 6.00. The number of hydrogen-bond acceptors (Lipinski definition) is 4. The van der Waals surface area contributed by atoms with Crippen LogP contribution in [0.1, 0.15) is 51.4 Å². The molecule has 0 aliphatic heterocycles. The second-order valence-corrected chi connectivity index (χ2v) is 8.34. The van der Waals surface area contributed by atoms with Crippen molar-refractivity contribution in [3.05, 3.63) is 66.1 Å². The van der Waals surface area contributed by atoms with Gasteiger partial charge in [0.15, 0.2) is 17.0 Å². The van der Waals surface area contributed by atoms with Gasteiger partial charge in [-0.3, -0.25) is 13.8 Å². The molecule has 5 rings (SSSR count).